The quantitative estimate of drug-likeness (QED) is 0.888. The van der Waals surface area contributed by atoms with Crippen molar-refractivity contribution in [3.8, 4) is 0 Å². The van der Waals surface area contributed by atoms with Gasteiger partial charge in [0, 0.05) is 23.5 Å². The highest BCUT2D eigenvalue weighted by Gasteiger charge is 2.20. The Morgan fingerprint density at radius 3 is 2.62 bits per heavy atom. The standard InChI is InChI=1S/C12H14ClN3/c1-9(14)12(16-8-4-7-15-16)10-5-2-3-6-11(10)13/h2-9,12H,14H2,1H3/t9-,12-/m1/s1. The Hall–Kier alpha value is -1.32. The van der Waals surface area contributed by atoms with E-state index in [0.29, 0.717) is 0 Å². The van der Waals surface area contributed by atoms with E-state index in [1.807, 2.05) is 48.1 Å². The van der Waals surface area contributed by atoms with Crippen molar-refractivity contribution < 1.29 is 0 Å². The zero-order chi connectivity index (χ0) is 11.5. The number of nitrogens with two attached hydrogens (primary N) is 1. The molecular weight excluding hydrogens is 222 g/mol. The maximum absolute atomic E-state index is 6.18. The summed E-state index contributed by atoms with van der Waals surface area (Å²) in [5.74, 6) is 0. The molecule has 1 aromatic heterocycles. The number of rotatable bonds is 3. The maximum Gasteiger partial charge on any atom is 0.0930 e. The number of benzene rings is 1. The third-order valence-corrected chi connectivity index (χ3v) is 2.88. The molecule has 0 unspecified atom stereocenters. The molecule has 4 heteroatoms. The van der Waals surface area contributed by atoms with Gasteiger partial charge in [-0.25, -0.2) is 0 Å². The van der Waals surface area contributed by atoms with Gasteiger partial charge in [0.25, 0.3) is 0 Å². The summed E-state index contributed by atoms with van der Waals surface area (Å²) in [6.07, 6.45) is 3.64. The fourth-order valence-corrected chi connectivity index (χ4v) is 2.07. The highest BCUT2D eigenvalue weighted by atomic mass is 35.5. The molecule has 1 heterocycles. The molecule has 84 valence electrons. The van der Waals surface area contributed by atoms with Crippen molar-refractivity contribution in [3.63, 3.8) is 0 Å². The third kappa shape index (κ3) is 2.10. The minimum atomic E-state index is -0.0557. The number of halogens is 1. The van der Waals surface area contributed by atoms with Crippen molar-refractivity contribution in [1.82, 2.24) is 9.78 Å². The van der Waals surface area contributed by atoms with Gasteiger partial charge in [0.1, 0.15) is 0 Å². The Kier molecular flexibility index (Phi) is 3.27. The number of aromatic nitrogens is 2. The number of hydrogen-bond acceptors (Lipinski definition) is 2. The molecule has 0 aliphatic carbocycles. The van der Waals surface area contributed by atoms with E-state index in [9.17, 15) is 0 Å². The van der Waals surface area contributed by atoms with E-state index in [2.05, 4.69) is 5.10 Å². The largest absolute Gasteiger partial charge is 0.326 e. The lowest BCUT2D eigenvalue weighted by Gasteiger charge is -2.22. The minimum absolute atomic E-state index is 0.0244. The Balaban J connectivity index is 2.45. The molecule has 0 saturated carbocycles. The van der Waals surface area contributed by atoms with E-state index in [1.165, 1.54) is 0 Å². The molecule has 0 radical (unpaired) electrons. The van der Waals surface area contributed by atoms with Crippen LogP contribution in [0.3, 0.4) is 0 Å². The summed E-state index contributed by atoms with van der Waals surface area (Å²) in [4.78, 5) is 0. The molecule has 2 rings (SSSR count). The summed E-state index contributed by atoms with van der Waals surface area (Å²) < 4.78 is 1.84. The van der Waals surface area contributed by atoms with Crippen LogP contribution in [0.5, 0.6) is 0 Å². The summed E-state index contributed by atoms with van der Waals surface area (Å²) in [6.45, 7) is 1.95. The molecule has 0 amide bonds. The average Bonchev–Trinajstić information content (AvgIpc) is 2.74. The Labute approximate surface area is 99.8 Å². The van der Waals surface area contributed by atoms with Crippen LogP contribution in [0.4, 0.5) is 0 Å². The van der Waals surface area contributed by atoms with Crippen molar-refractivity contribution in [2.75, 3.05) is 0 Å². The summed E-state index contributed by atoms with van der Waals surface area (Å²) in [6, 6.07) is 9.52. The SMILES string of the molecule is C[C@@H](N)[C@H](c1ccccc1Cl)n1cccn1. The van der Waals surface area contributed by atoms with Crippen LogP contribution in [-0.2, 0) is 0 Å². The minimum Gasteiger partial charge on any atom is -0.326 e. The van der Waals surface area contributed by atoms with Crippen molar-refractivity contribution in [2.45, 2.75) is 19.0 Å². The summed E-state index contributed by atoms with van der Waals surface area (Å²) >= 11 is 6.18. The molecule has 1 aromatic carbocycles. The van der Waals surface area contributed by atoms with E-state index in [-0.39, 0.29) is 12.1 Å². The molecule has 0 saturated heterocycles. The first-order valence-corrected chi connectivity index (χ1v) is 5.57. The first-order chi connectivity index (χ1) is 7.70. The van der Waals surface area contributed by atoms with Crippen molar-refractivity contribution in [3.05, 3.63) is 53.3 Å². The van der Waals surface area contributed by atoms with E-state index in [4.69, 9.17) is 17.3 Å². The highest BCUT2D eigenvalue weighted by molar-refractivity contribution is 6.31. The van der Waals surface area contributed by atoms with Gasteiger partial charge in [-0.3, -0.25) is 4.68 Å². The molecule has 2 N–H and O–H groups in total. The molecule has 16 heavy (non-hydrogen) atoms. The molecule has 0 spiro atoms. The lowest BCUT2D eigenvalue weighted by Crippen LogP contribution is -2.30. The third-order valence-electron chi connectivity index (χ3n) is 2.53. The van der Waals surface area contributed by atoms with Crippen LogP contribution in [0.25, 0.3) is 0 Å². The zero-order valence-electron chi connectivity index (χ0n) is 9.05. The van der Waals surface area contributed by atoms with Crippen LogP contribution in [0, 0.1) is 0 Å². The van der Waals surface area contributed by atoms with Crippen LogP contribution in [0.1, 0.15) is 18.5 Å². The lowest BCUT2D eigenvalue weighted by molar-refractivity contribution is 0.454. The fourth-order valence-electron chi connectivity index (χ4n) is 1.83. The highest BCUT2D eigenvalue weighted by Crippen LogP contribution is 2.27. The van der Waals surface area contributed by atoms with E-state index in [1.54, 1.807) is 6.20 Å². The second-order valence-electron chi connectivity index (χ2n) is 3.81. The van der Waals surface area contributed by atoms with Crippen LogP contribution < -0.4 is 5.73 Å². The predicted octanol–water partition coefficient (Wildman–Crippen LogP) is 2.47. The first-order valence-electron chi connectivity index (χ1n) is 5.19. The molecule has 0 aliphatic heterocycles. The van der Waals surface area contributed by atoms with Crippen LogP contribution >= 0.6 is 11.6 Å². The maximum atomic E-state index is 6.18. The number of nitrogens with zero attached hydrogens (tertiary/aromatic N) is 2. The second kappa shape index (κ2) is 4.68. The van der Waals surface area contributed by atoms with Crippen molar-refractivity contribution >= 4 is 11.6 Å². The van der Waals surface area contributed by atoms with Crippen LogP contribution in [-0.4, -0.2) is 15.8 Å². The van der Waals surface area contributed by atoms with Gasteiger partial charge in [-0.1, -0.05) is 29.8 Å². The van der Waals surface area contributed by atoms with Gasteiger partial charge in [0.2, 0.25) is 0 Å². The molecule has 0 bridgehead atoms. The Bertz CT molecular complexity index is 451. The predicted molar refractivity (Wildman–Crippen MR) is 65.5 cm³/mol. The normalized spacial score (nSPS) is 14.7. The summed E-state index contributed by atoms with van der Waals surface area (Å²) in [5, 5.41) is 4.96. The van der Waals surface area contributed by atoms with Gasteiger partial charge >= 0.3 is 0 Å². The summed E-state index contributed by atoms with van der Waals surface area (Å²) in [5.41, 5.74) is 7.01. The smallest absolute Gasteiger partial charge is 0.0930 e. The first kappa shape index (κ1) is 11.2. The van der Waals surface area contributed by atoms with Gasteiger partial charge < -0.3 is 5.73 Å². The number of hydrogen-bond donors (Lipinski definition) is 1. The van der Waals surface area contributed by atoms with E-state index < -0.39 is 0 Å². The average molecular weight is 236 g/mol. The molecule has 3 nitrogen and oxygen atoms in total. The molecule has 2 atom stereocenters. The van der Waals surface area contributed by atoms with Gasteiger partial charge in [-0.15, -0.1) is 0 Å². The van der Waals surface area contributed by atoms with E-state index >= 15 is 0 Å². The van der Waals surface area contributed by atoms with Gasteiger partial charge in [-0.2, -0.15) is 5.10 Å². The molecular formula is C12H14ClN3. The van der Waals surface area contributed by atoms with Crippen molar-refractivity contribution in [2.24, 2.45) is 5.73 Å². The Morgan fingerprint density at radius 1 is 1.31 bits per heavy atom. The summed E-state index contributed by atoms with van der Waals surface area (Å²) in [7, 11) is 0. The molecule has 2 aromatic rings. The van der Waals surface area contributed by atoms with Crippen molar-refractivity contribution in [1.29, 1.82) is 0 Å². The van der Waals surface area contributed by atoms with Gasteiger partial charge in [-0.05, 0) is 24.6 Å². The Morgan fingerprint density at radius 2 is 2.06 bits per heavy atom. The molecule has 0 fully saturated rings. The van der Waals surface area contributed by atoms with Gasteiger partial charge in [0.15, 0.2) is 0 Å². The second-order valence-corrected chi connectivity index (χ2v) is 4.22. The fraction of sp³-hybridized carbons (Fsp3) is 0.250. The topological polar surface area (TPSA) is 43.8 Å². The van der Waals surface area contributed by atoms with Crippen LogP contribution in [0.15, 0.2) is 42.7 Å². The monoisotopic (exact) mass is 235 g/mol. The van der Waals surface area contributed by atoms with Crippen LogP contribution in [0.2, 0.25) is 5.02 Å². The van der Waals surface area contributed by atoms with E-state index in [0.717, 1.165) is 10.6 Å². The zero-order valence-corrected chi connectivity index (χ0v) is 9.80. The lowest BCUT2D eigenvalue weighted by atomic mass is 10.0. The molecule has 0 aliphatic rings. The van der Waals surface area contributed by atoms with Gasteiger partial charge in [0.05, 0.1) is 6.04 Å².